The van der Waals surface area contributed by atoms with Crippen molar-refractivity contribution in [3.8, 4) is 6.07 Å². The van der Waals surface area contributed by atoms with Gasteiger partial charge in [0.15, 0.2) is 0 Å². The van der Waals surface area contributed by atoms with Gasteiger partial charge in [0, 0.05) is 0 Å². The maximum atomic E-state index is 12.9. The first-order valence-corrected chi connectivity index (χ1v) is 7.89. The fraction of sp³-hybridized carbons (Fsp3) is 0.0556. The molecular formula is C18H11FN2O2S. The SMILES string of the molecule is N#Cc1ccccc1CN1C(=O)S/C(=C/c2ccc(F)cc2)C1=O. The summed E-state index contributed by atoms with van der Waals surface area (Å²) in [5.74, 6) is -0.782. The number of imide groups is 1. The van der Waals surface area contributed by atoms with E-state index in [1.165, 1.54) is 24.3 Å². The molecule has 0 bridgehead atoms. The molecule has 0 aliphatic carbocycles. The first-order valence-electron chi connectivity index (χ1n) is 7.07. The Morgan fingerprint density at radius 2 is 1.83 bits per heavy atom. The number of thioether (sulfide) groups is 1. The van der Waals surface area contributed by atoms with Gasteiger partial charge in [-0.1, -0.05) is 30.3 Å². The maximum absolute atomic E-state index is 12.9. The van der Waals surface area contributed by atoms with E-state index in [0.717, 1.165) is 16.7 Å². The zero-order valence-corrected chi connectivity index (χ0v) is 13.2. The second-order valence-electron chi connectivity index (χ2n) is 5.09. The van der Waals surface area contributed by atoms with Gasteiger partial charge in [0.2, 0.25) is 0 Å². The van der Waals surface area contributed by atoms with Crippen LogP contribution in [0.1, 0.15) is 16.7 Å². The van der Waals surface area contributed by atoms with E-state index in [1.807, 2.05) is 6.07 Å². The van der Waals surface area contributed by atoms with Crippen LogP contribution in [0, 0.1) is 17.1 Å². The molecule has 6 heteroatoms. The predicted molar refractivity (Wildman–Crippen MR) is 89.1 cm³/mol. The summed E-state index contributed by atoms with van der Waals surface area (Å²) in [6.07, 6.45) is 1.56. The van der Waals surface area contributed by atoms with Gasteiger partial charge in [-0.3, -0.25) is 14.5 Å². The molecule has 1 aliphatic heterocycles. The first-order chi connectivity index (χ1) is 11.6. The van der Waals surface area contributed by atoms with Crippen molar-refractivity contribution in [1.29, 1.82) is 5.26 Å². The minimum Gasteiger partial charge on any atom is -0.268 e. The molecule has 0 aromatic heterocycles. The average Bonchev–Trinajstić information content (AvgIpc) is 2.85. The van der Waals surface area contributed by atoms with Gasteiger partial charge in [-0.2, -0.15) is 5.26 Å². The second kappa shape index (κ2) is 6.69. The van der Waals surface area contributed by atoms with Crippen molar-refractivity contribution in [2.45, 2.75) is 6.54 Å². The van der Waals surface area contributed by atoms with Gasteiger partial charge in [0.25, 0.3) is 11.1 Å². The fourth-order valence-corrected chi connectivity index (χ4v) is 3.12. The van der Waals surface area contributed by atoms with Gasteiger partial charge in [0.1, 0.15) is 5.82 Å². The minimum absolute atomic E-state index is 0.0508. The molecule has 118 valence electrons. The van der Waals surface area contributed by atoms with E-state index in [-0.39, 0.29) is 22.5 Å². The van der Waals surface area contributed by atoms with E-state index in [9.17, 15) is 14.0 Å². The lowest BCUT2D eigenvalue weighted by Gasteiger charge is -2.13. The Morgan fingerprint density at radius 3 is 2.54 bits per heavy atom. The van der Waals surface area contributed by atoms with Gasteiger partial charge >= 0.3 is 0 Å². The summed E-state index contributed by atoms with van der Waals surface area (Å²) >= 11 is 0.835. The predicted octanol–water partition coefficient (Wildman–Crippen LogP) is 3.93. The Kier molecular flexibility index (Phi) is 4.45. The highest BCUT2D eigenvalue weighted by Crippen LogP contribution is 2.33. The average molecular weight is 338 g/mol. The summed E-state index contributed by atoms with van der Waals surface area (Å²) in [5, 5.41) is 8.72. The third kappa shape index (κ3) is 3.21. The highest BCUT2D eigenvalue weighted by atomic mass is 32.2. The van der Waals surface area contributed by atoms with Crippen LogP contribution in [0.15, 0.2) is 53.4 Å². The van der Waals surface area contributed by atoms with E-state index in [0.29, 0.717) is 16.7 Å². The van der Waals surface area contributed by atoms with Crippen LogP contribution >= 0.6 is 11.8 Å². The maximum Gasteiger partial charge on any atom is 0.293 e. The van der Waals surface area contributed by atoms with Gasteiger partial charge in [-0.05, 0) is 47.2 Å². The number of nitrogens with zero attached hydrogens (tertiary/aromatic N) is 2. The number of benzene rings is 2. The van der Waals surface area contributed by atoms with Crippen molar-refractivity contribution >= 4 is 29.0 Å². The number of hydrogen-bond donors (Lipinski definition) is 0. The smallest absolute Gasteiger partial charge is 0.268 e. The summed E-state index contributed by atoms with van der Waals surface area (Å²) in [4.78, 5) is 26.0. The van der Waals surface area contributed by atoms with Crippen LogP contribution < -0.4 is 0 Å². The van der Waals surface area contributed by atoms with Gasteiger partial charge < -0.3 is 0 Å². The summed E-state index contributed by atoms with van der Waals surface area (Å²) in [6.45, 7) is 0.0508. The zero-order valence-electron chi connectivity index (χ0n) is 12.4. The lowest BCUT2D eigenvalue weighted by atomic mass is 10.1. The number of nitriles is 1. The van der Waals surface area contributed by atoms with Crippen molar-refractivity contribution in [3.63, 3.8) is 0 Å². The highest BCUT2D eigenvalue weighted by Gasteiger charge is 2.35. The molecule has 1 heterocycles. The van der Waals surface area contributed by atoms with Crippen LogP contribution in [0.5, 0.6) is 0 Å². The molecule has 24 heavy (non-hydrogen) atoms. The summed E-state index contributed by atoms with van der Waals surface area (Å²) in [6, 6.07) is 14.5. The van der Waals surface area contributed by atoms with Crippen molar-refractivity contribution in [1.82, 2.24) is 4.90 Å². The van der Waals surface area contributed by atoms with Crippen molar-refractivity contribution in [3.05, 3.63) is 75.9 Å². The van der Waals surface area contributed by atoms with E-state index in [4.69, 9.17) is 5.26 Å². The molecule has 1 fully saturated rings. The second-order valence-corrected chi connectivity index (χ2v) is 6.08. The lowest BCUT2D eigenvalue weighted by molar-refractivity contribution is -0.123. The monoisotopic (exact) mass is 338 g/mol. The molecule has 0 atom stereocenters. The Hall–Kier alpha value is -2.91. The number of carbonyl (C=O) groups excluding carboxylic acids is 2. The Bertz CT molecular complexity index is 885. The van der Waals surface area contributed by atoms with Crippen molar-refractivity contribution in [2.24, 2.45) is 0 Å². The highest BCUT2D eigenvalue weighted by molar-refractivity contribution is 8.18. The number of halogens is 1. The first kappa shape index (κ1) is 16.0. The zero-order chi connectivity index (χ0) is 17.1. The molecule has 1 aliphatic rings. The third-order valence-corrected chi connectivity index (χ3v) is 4.42. The van der Waals surface area contributed by atoms with Crippen LogP contribution in [0.3, 0.4) is 0 Å². The van der Waals surface area contributed by atoms with Crippen LogP contribution in [-0.2, 0) is 11.3 Å². The normalized spacial score (nSPS) is 15.8. The Balaban J connectivity index is 1.84. The molecule has 0 N–H and O–H groups in total. The van der Waals surface area contributed by atoms with E-state index in [1.54, 1.807) is 30.3 Å². The quantitative estimate of drug-likeness (QED) is 0.796. The summed E-state index contributed by atoms with van der Waals surface area (Å²) in [5.41, 5.74) is 1.68. The van der Waals surface area contributed by atoms with E-state index < -0.39 is 5.91 Å². The van der Waals surface area contributed by atoms with Gasteiger partial charge in [-0.15, -0.1) is 0 Å². The molecule has 3 rings (SSSR count). The molecule has 0 spiro atoms. The number of rotatable bonds is 3. The molecule has 1 saturated heterocycles. The van der Waals surface area contributed by atoms with Crippen LogP contribution in [0.2, 0.25) is 0 Å². The summed E-state index contributed by atoms with van der Waals surface area (Å²) in [7, 11) is 0. The van der Waals surface area contributed by atoms with E-state index in [2.05, 4.69) is 0 Å². The number of amides is 2. The fourth-order valence-electron chi connectivity index (χ4n) is 2.28. The minimum atomic E-state index is -0.415. The molecule has 2 aromatic carbocycles. The molecule has 4 nitrogen and oxygen atoms in total. The third-order valence-electron chi connectivity index (χ3n) is 3.51. The number of carbonyl (C=O) groups is 2. The Labute approximate surface area is 142 Å². The van der Waals surface area contributed by atoms with Crippen LogP contribution in [0.4, 0.5) is 9.18 Å². The molecule has 0 saturated carbocycles. The lowest BCUT2D eigenvalue weighted by Crippen LogP contribution is -2.27. The Morgan fingerprint density at radius 1 is 1.12 bits per heavy atom. The van der Waals surface area contributed by atoms with Gasteiger partial charge in [-0.25, -0.2) is 4.39 Å². The molecule has 2 amide bonds. The molecule has 0 unspecified atom stereocenters. The standard InChI is InChI=1S/C18H11FN2O2S/c19-15-7-5-12(6-8-15)9-16-17(22)21(18(23)24-16)11-14-4-2-1-3-13(14)10-20/h1-9H,11H2/b16-9+. The van der Waals surface area contributed by atoms with Crippen LogP contribution in [0.25, 0.3) is 6.08 Å². The molecule has 2 aromatic rings. The van der Waals surface area contributed by atoms with E-state index >= 15 is 0 Å². The van der Waals surface area contributed by atoms with Crippen LogP contribution in [-0.4, -0.2) is 16.0 Å². The molecular weight excluding hydrogens is 327 g/mol. The van der Waals surface area contributed by atoms with Crippen molar-refractivity contribution in [2.75, 3.05) is 0 Å². The molecule has 0 radical (unpaired) electrons. The topological polar surface area (TPSA) is 61.2 Å². The van der Waals surface area contributed by atoms with Crippen molar-refractivity contribution < 1.29 is 14.0 Å². The largest absolute Gasteiger partial charge is 0.293 e. The number of hydrogen-bond acceptors (Lipinski definition) is 4. The summed E-state index contributed by atoms with van der Waals surface area (Å²) < 4.78 is 12.9. The van der Waals surface area contributed by atoms with Gasteiger partial charge in [0.05, 0.1) is 23.1 Å².